The van der Waals surface area contributed by atoms with Crippen LogP contribution in [0.25, 0.3) is 12.2 Å². The van der Waals surface area contributed by atoms with Crippen molar-refractivity contribution >= 4 is 89.8 Å². The lowest BCUT2D eigenvalue weighted by Crippen LogP contribution is -2.32. The van der Waals surface area contributed by atoms with Crippen LogP contribution in [-0.4, -0.2) is 145 Å². The van der Waals surface area contributed by atoms with Crippen molar-refractivity contribution in [2.45, 2.75) is 103 Å². The maximum Gasteiger partial charge on any atom is 0.490 e. The van der Waals surface area contributed by atoms with Gasteiger partial charge in [0, 0.05) is 49.5 Å². The molecule has 0 saturated carbocycles. The number of nitrogens with zero attached hydrogens (tertiary/aromatic N) is 1. The van der Waals surface area contributed by atoms with Gasteiger partial charge < -0.3 is 63.8 Å². The summed E-state index contributed by atoms with van der Waals surface area (Å²) < 4.78 is 65.6. The number of carboxylic acids is 1. The van der Waals surface area contributed by atoms with E-state index < -0.39 is 72.3 Å². The number of cyclic esters (lactones) is 2. The molecule has 1 radical (unpaired) electrons. The number of aromatic hydroxyl groups is 1. The standard InChI is InChI=1S/C26H33BNO8.C20H25NO6.C2HF3O2.CH2Cl2/c1-16-10-11-20(30)24-21(35-26(3,4)36-24)9-7-8-18-12-19(28(5)27-14-29)13-22(33-15-32-6)23(18)25(31)34-17(16)2;1-11-7-8-16(23)19(25)15(22)6-4-5-13-9-14(21-3)10-17(24)18(13)20(26)27-12(11)2;3-2(4,5)1(6)7;2-1-3/h7-8,10-14,16-17,21,24H,9,15H2,1-6H3;4-5,7-12,15,19,21-22,24-25H,6H2,1-3H3;(H,6,7);1H2/b8-7+,11-10-;5-4+,8-7-;;/t16-,17+,21+,24-;11-,12+,15+,19+;;/m11../s1. The minimum absolute atomic E-state index is 0.00820. The highest BCUT2D eigenvalue weighted by Gasteiger charge is 2.44. The Bertz CT molecular complexity index is 2350. The molecule has 24 heteroatoms. The Hall–Kier alpha value is -5.75. The first-order valence-corrected chi connectivity index (χ1v) is 23.4. The number of anilines is 2. The average Bonchev–Trinajstić information content (AvgIpc) is 3.64. The maximum atomic E-state index is 13.4. The van der Waals surface area contributed by atoms with Crippen molar-refractivity contribution in [1.82, 2.24) is 0 Å². The highest BCUT2D eigenvalue weighted by atomic mass is 35.5. The number of carboxylic acid groups (broad SMARTS) is 1. The third kappa shape index (κ3) is 19.9. The van der Waals surface area contributed by atoms with Crippen LogP contribution in [0, 0.1) is 11.8 Å². The van der Waals surface area contributed by atoms with Gasteiger partial charge in [-0.3, -0.25) is 9.59 Å². The molecule has 73 heavy (non-hydrogen) atoms. The Kier molecular flexibility index (Phi) is 25.9. The molecular formula is C49H61BCl2F3N2O16. The molecule has 2 aromatic carbocycles. The summed E-state index contributed by atoms with van der Waals surface area (Å²) in [5.41, 5.74) is 2.35. The van der Waals surface area contributed by atoms with Crippen molar-refractivity contribution in [3.05, 3.63) is 83.0 Å². The summed E-state index contributed by atoms with van der Waals surface area (Å²) in [4.78, 5) is 72.4. The van der Waals surface area contributed by atoms with Crippen LogP contribution in [0.5, 0.6) is 11.5 Å². The van der Waals surface area contributed by atoms with Gasteiger partial charge >= 0.3 is 31.5 Å². The highest BCUT2D eigenvalue weighted by molar-refractivity contribution is 6.70. The number of ketones is 2. The molecule has 5 rings (SSSR count). The number of alkyl halides is 5. The number of benzene rings is 2. The number of phenols is 1. The molecular weight excluding hydrogens is 1010 g/mol. The summed E-state index contributed by atoms with van der Waals surface area (Å²) in [7, 11) is 6.21. The number of fused-ring (bicyclic) bond motifs is 3. The number of rotatable bonds is 7. The Morgan fingerprint density at radius 3 is 1.92 bits per heavy atom. The molecule has 0 spiro atoms. The van der Waals surface area contributed by atoms with E-state index >= 15 is 0 Å². The second-order valence-corrected chi connectivity index (χ2v) is 17.6. The molecule has 2 aromatic rings. The summed E-state index contributed by atoms with van der Waals surface area (Å²) in [6, 6.07) is 6.48. The van der Waals surface area contributed by atoms with Crippen molar-refractivity contribution in [3.63, 3.8) is 0 Å². The fourth-order valence-electron chi connectivity index (χ4n) is 6.64. The monoisotopic (exact) mass is 1070 g/mol. The molecule has 8 atom stereocenters. The zero-order valence-corrected chi connectivity index (χ0v) is 43.1. The SMILES string of the molecule is CNc1cc(O)c2c(c1)/C=C/C[C@H](O)[C@H](O)C(=O)/C=C\[C@@H](C)[C@H](C)OC2=O.COCOc1cc(N(C)[B]C=O)cc2c1C(=O)O[C@@H](C)[C@H](C)/C=C\C(=O)[C@H]1OC(C)(C)O[C@H]1C/C=C/2.ClCCl.O=C(O)C(F)(F)F. The van der Waals surface area contributed by atoms with Crippen LogP contribution in [0.1, 0.15) is 86.2 Å². The summed E-state index contributed by atoms with van der Waals surface area (Å²) >= 11 is 9.53. The van der Waals surface area contributed by atoms with Crippen LogP contribution >= 0.6 is 23.2 Å². The van der Waals surface area contributed by atoms with Gasteiger partial charge in [-0.1, -0.05) is 50.3 Å². The number of phenolic OH excluding ortho intramolecular Hbond substituents is 1. The fourth-order valence-corrected chi connectivity index (χ4v) is 6.64. The zero-order chi connectivity index (χ0) is 55.4. The smallest absolute Gasteiger partial charge is 0.490 e. The molecule has 1 fully saturated rings. The quantitative estimate of drug-likeness (QED) is 0.0610. The van der Waals surface area contributed by atoms with Gasteiger partial charge in [0.1, 0.15) is 53.2 Å². The van der Waals surface area contributed by atoms with E-state index in [2.05, 4.69) is 5.32 Å². The summed E-state index contributed by atoms with van der Waals surface area (Å²) in [5.74, 6) is -6.29. The first kappa shape index (κ1) is 63.4. The van der Waals surface area contributed by atoms with E-state index in [1.165, 1.54) is 51.0 Å². The minimum atomic E-state index is -5.08. The Morgan fingerprint density at radius 2 is 1.40 bits per heavy atom. The normalized spacial score (nSPS) is 25.8. The van der Waals surface area contributed by atoms with E-state index in [-0.39, 0.29) is 58.8 Å². The molecule has 0 aliphatic carbocycles. The fraction of sp³-hybridized carbons (Fsp3) is 0.469. The van der Waals surface area contributed by atoms with Crippen molar-refractivity contribution in [1.29, 1.82) is 0 Å². The van der Waals surface area contributed by atoms with Crippen molar-refractivity contribution in [2.75, 3.05) is 43.5 Å². The number of hydrogen-bond donors (Lipinski definition) is 5. The summed E-state index contributed by atoms with van der Waals surface area (Å²) in [6.07, 6.45) is 3.25. The molecule has 0 aromatic heterocycles. The van der Waals surface area contributed by atoms with E-state index in [0.717, 1.165) is 0 Å². The molecule has 5 N–H and O–H groups in total. The van der Waals surface area contributed by atoms with Crippen molar-refractivity contribution < 1.29 is 90.8 Å². The first-order chi connectivity index (χ1) is 34.2. The molecule has 1 saturated heterocycles. The summed E-state index contributed by atoms with van der Waals surface area (Å²) in [5, 5.41) is 40.5. The number of nitrogens with one attached hydrogen (secondary N) is 1. The molecule has 3 aliphatic heterocycles. The Morgan fingerprint density at radius 1 is 0.877 bits per heavy atom. The van der Waals surface area contributed by atoms with Gasteiger partial charge in [-0.25, -0.2) is 14.4 Å². The first-order valence-electron chi connectivity index (χ1n) is 22.3. The predicted octanol–water partition coefficient (Wildman–Crippen LogP) is 7.09. The largest absolute Gasteiger partial charge is 0.507 e. The number of ether oxygens (including phenoxy) is 6. The lowest BCUT2D eigenvalue weighted by Gasteiger charge is -2.23. The van der Waals surface area contributed by atoms with Gasteiger partial charge in [-0.15, -0.1) is 23.2 Å². The predicted molar refractivity (Wildman–Crippen MR) is 267 cm³/mol. The van der Waals surface area contributed by atoms with Crippen molar-refractivity contribution in [2.24, 2.45) is 11.8 Å². The van der Waals surface area contributed by atoms with E-state index in [4.69, 9.17) is 61.5 Å². The number of methoxy groups -OCH3 is 1. The van der Waals surface area contributed by atoms with E-state index in [1.807, 2.05) is 13.0 Å². The number of hydrogen-bond acceptors (Lipinski definition) is 17. The van der Waals surface area contributed by atoms with E-state index in [1.54, 1.807) is 83.9 Å². The molecule has 0 amide bonds. The van der Waals surface area contributed by atoms with Crippen LogP contribution in [0.2, 0.25) is 0 Å². The third-order valence-corrected chi connectivity index (χ3v) is 10.9. The third-order valence-electron chi connectivity index (χ3n) is 10.9. The van der Waals surface area contributed by atoms with Crippen LogP contribution in [-0.2, 0) is 42.9 Å². The van der Waals surface area contributed by atoms with E-state index in [0.29, 0.717) is 35.1 Å². The van der Waals surface area contributed by atoms with Gasteiger partial charge in [0.25, 0.3) is 0 Å². The number of carbonyl (C=O) groups excluding carboxylic acids is 5. The van der Waals surface area contributed by atoms with Gasteiger partial charge in [0.15, 0.2) is 24.1 Å². The number of esters is 2. The summed E-state index contributed by atoms with van der Waals surface area (Å²) in [6.45, 7) is 10.5. The maximum absolute atomic E-state index is 13.4. The Labute approximate surface area is 431 Å². The number of aliphatic carboxylic acids is 1. The molecule has 18 nitrogen and oxygen atoms in total. The van der Waals surface area contributed by atoms with E-state index in [9.17, 15) is 52.5 Å². The van der Waals surface area contributed by atoms with Crippen LogP contribution in [0.4, 0.5) is 24.5 Å². The van der Waals surface area contributed by atoms with Crippen molar-refractivity contribution in [3.8, 4) is 11.5 Å². The number of carbonyl (C=O) groups is 6. The highest BCUT2D eigenvalue weighted by Crippen LogP contribution is 2.35. The number of aliphatic hydroxyl groups is 2. The van der Waals surface area contributed by atoms with Crippen LogP contribution in [0.3, 0.4) is 0 Å². The second kappa shape index (κ2) is 29.8. The van der Waals surface area contributed by atoms with Gasteiger partial charge in [0.2, 0.25) is 0 Å². The molecule has 401 valence electrons. The lowest BCUT2D eigenvalue weighted by atomic mass is 9.93. The minimum Gasteiger partial charge on any atom is -0.507 e. The average molecular weight is 1070 g/mol. The molecule has 3 heterocycles. The Balaban J connectivity index is 0.000000433. The zero-order valence-electron chi connectivity index (χ0n) is 41.6. The second-order valence-electron chi connectivity index (χ2n) is 16.8. The topological polar surface area (TPSA) is 254 Å². The molecule has 0 bridgehead atoms. The lowest BCUT2D eigenvalue weighted by molar-refractivity contribution is -0.192. The van der Waals surface area contributed by atoms with Gasteiger partial charge in [0.05, 0.1) is 17.5 Å². The van der Waals surface area contributed by atoms with Crippen LogP contribution in [0.15, 0.2) is 60.7 Å². The number of aliphatic hydroxyl groups excluding tert-OH is 2. The van der Waals surface area contributed by atoms with Gasteiger partial charge in [-0.2, -0.15) is 13.2 Å². The number of halogens is 5. The van der Waals surface area contributed by atoms with Crippen LogP contribution < -0.4 is 14.9 Å². The van der Waals surface area contributed by atoms with Gasteiger partial charge in [-0.05, 0) is 83.0 Å². The molecule has 3 aliphatic rings. The molecule has 0 unspecified atom stereocenters.